The first-order valence-electron chi connectivity index (χ1n) is 6.79. The fourth-order valence-corrected chi connectivity index (χ4v) is 2.95. The van der Waals surface area contributed by atoms with Crippen LogP contribution in [0.2, 0.25) is 0 Å². The summed E-state index contributed by atoms with van der Waals surface area (Å²) in [6, 6.07) is 12.7. The van der Waals surface area contributed by atoms with Crippen LogP contribution in [0.3, 0.4) is 0 Å². The number of benzene rings is 2. The topological polar surface area (TPSA) is 30.8 Å². The largest absolute Gasteiger partial charge is 0.220 e. The van der Waals surface area contributed by atoms with Gasteiger partial charge in [-0.2, -0.15) is 4.89 Å². The minimum absolute atomic E-state index is 0.773. The van der Waals surface area contributed by atoms with Crippen LogP contribution in [0.1, 0.15) is 11.1 Å². The van der Waals surface area contributed by atoms with Crippen molar-refractivity contribution in [2.24, 2.45) is 5.16 Å². The molecule has 0 bridgehead atoms. The van der Waals surface area contributed by atoms with Gasteiger partial charge < -0.3 is 0 Å². The molecule has 0 saturated heterocycles. The predicted molar refractivity (Wildman–Crippen MR) is 81.6 cm³/mol. The molecular weight excluding hydrogens is 262 g/mol. The Labute approximate surface area is 121 Å². The lowest BCUT2D eigenvalue weighted by molar-refractivity contribution is -0.273. The van der Waals surface area contributed by atoms with E-state index in [1.807, 2.05) is 12.2 Å². The molecule has 0 saturated carbocycles. The van der Waals surface area contributed by atoms with Crippen molar-refractivity contribution in [3.05, 3.63) is 80.6 Å². The van der Waals surface area contributed by atoms with Gasteiger partial charge in [-0.1, -0.05) is 48.6 Å². The van der Waals surface area contributed by atoms with Gasteiger partial charge in [0, 0.05) is 5.56 Å². The third-order valence-corrected chi connectivity index (χ3v) is 3.82. The standard InChI is InChI=1S/C18H13NO2/c1-20-21-19-17-8-4-6-12-9-10-15-14-7-3-2-5-13(14)11-16(15)18(12)17/h2-11H,1H3. The zero-order chi connectivity index (χ0) is 14.2. The number of nitrogens with zero attached hydrogens (tertiary/aromatic N) is 1. The van der Waals surface area contributed by atoms with Gasteiger partial charge in [-0.05, 0) is 43.7 Å². The van der Waals surface area contributed by atoms with Crippen LogP contribution in [0, 0.1) is 10.4 Å². The van der Waals surface area contributed by atoms with E-state index in [2.05, 4.69) is 58.6 Å². The minimum atomic E-state index is 0.773. The second kappa shape index (κ2) is 4.72. The van der Waals surface area contributed by atoms with E-state index in [-0.39, 0.29) is 0 Å². The van der Waals surface area contributed by atoms with Gasteiger partial charge in [0.2, 0.25) is 0 Å². The number of fused-ring (bicyclic) bond motifs is 4. The van der Waals surface area contributed by atoms with Gasteiger partial charge in [-0.3, -0.25) is 0 Å². The highest BCUT2D eigenvalue weighted by molar-refractivity contribution is 6.12. The van der Waals surface area contributed by atoms with Gasteiger partial charge in [0.25, 0.3) is 0 Å². The zero-order valence-electron chi connectivity index (χ0n) is 11.5. The zero-order valence-corrected chi connectivity index (χ0v) is 11.5. The summed E-state index contributed by atoms with van der Waals surface area (Å²) in [6.07, 6.45) is 8.18. The van der Waals surface area contributed by atoms with Crippen LogP contribution in [0.4, 0.5) is 0 Å². The Morgan fingerprint density at radius 2 is 1.86 bits per heavy atom. The number of rotatable bonds is 2. The molecule has 3 heteroatoms. The van der Waals surface area contributed by atoms with Gasteiger partial charge in [-0.15, -0.1) is 0 Å². The van der Waals surface area contributed by atoms with Crippen molar-refractivity contribution in [1.82, 2.24) is 0 Å². The van der Waals surface area contributed by atoms with Gasteiger partial charge >= 0.3 is 0 Å². The van der Waals surface area contributed by atoms with Crippen LogP contribution >= 0.6 is 0 Å². The fourth-order valence-electron chi connectivity index (χ4n) is 2.95. The molecular formula is C18H13NO2. The van der Waals surface area contributed by atoms with Crippen molar-refractivity contribution in [3.8, 4) is 0 Å². The molecule has 0 amide bonds. The molecule has 2 aliphatic rings. The second-order valence-electron chi connectivity index (χ2n) is 4.97. The third kappa shape index (κ3) is 1.82. The number of oxime groups is 1. The Morgan fingerprint density at radius 1 is 0.952 bits per heavy atom. The van der Waals surface area contributed by atoms with Crippen LogP contribution in [-0.4, -0.2) is 12.8 Å². The molecule has 2 aliphatic carbocycles. The lowest BCUT2D eigenvalue weighted by Gasteiger charge is -2.09. The first kappa shape index (κ1) is 12.1. The highest BCUT2D eigenvalue weighted by atomic mass is 17.3. The Kier molecular flexibility index (Phi) is 2.72. The van der Waals surface area contributed by atoms with Crippen LogP contribution in [0.15, 0.2) is 53.7 Å². The molecule has 0 heterocycles. The highest BCUT2D eigenvalue weighted by Crippen LogP contribution is 2.16. The minimum Gasteiger partial charge on any atom is -0.220 e. The molecule has 0 radical (unpaired) electrons. The maximum Gasteiger partial charge on any atom is 0.115 e. The molecule has 2 aromatic rings. The van der Waals surface area contributed by atoms with E-state index in [1.165, 1.54) is 28.3 Å². The monoisotopic (exact) mass is 275 g/mol. The molecule has 102 valence electrons. The maximum atomic E-state index is 4.78. The predicted octanol–water partition coefficient (Wildman–Crippen LogP) is 1.75. The van der Waals surface area contributed by atoms with E-state index < -0.39 is 0 Å². The van der Waals surface area contributed by atoms with Crippen LogP contribution < -0.4 is 10.4 Å². The lowest BCUT2D eigenvalue weighted by Crippen LogP contribution is -2.19. The van der Waals surface area contributed by atoms with Crippen molar-refractivity contribution in [1.29, 1.82) is 0 Å². The Balaban J connectivity index is 2.10. The Bertz CT molecular complexity index is 1000. The molecule has 4 rings (SSSR count). The summed E-state index contributed by atoms with van der Waals surface area (Å²) in [5.74, 6) is 0. The van der Waals surface area contributed by atoms with Crippen LogP contribution in [-0.2, 0) is 9.88 Å². The van der Waals surface area contributed by atoms with E-state index in [1.54, 1.807) is 0 Å². The first-order valence-corrected chi connectivity index (χ1v) is 6.79. The second-order valence-corrected chi connectivity index (χ2v) is 4.97. The van der Waals surface area contributed by atoms with E-state index in [0.717, 1.165) is 16.5 Å². The summed E-state index contributed by atoms with van der Waals surface area (Å²) in [7, 11) is 1.45. The fraction of sp³-hybridized carbons (Fsp3) is 0.0556. The third-order valence-electron chi connectivity index (χ3n) is 3.82. The van der Waals surface area contributed by atoms with Crippen molar-refractivity contribution in [3.63, 3.8) is 0 Å². The molecule has 0 atom stereocenters. The van der Waals surface area contributed by atoms with Crippen molar-refractivity contribution >= 4 is 17.9 Å². The van der Waals surface area contributed by atoms with Crippen LogP contribution in [0.25, 0.3) is 12.2 Å². The Hall–Kier alpha value is -2.65. The van der Waals surface area contributed by atoms with Gasteiger partial charge in [0.1, 0.15) is 5.71 Å². The number of hydrogen-bond donors (Lipinski definition) is 0. The maximum absolute atomic E-state index is 4.78. The Morgan fingerprint density at radius 3 is 2.76 bits per heavy atom. The summed E-state index contributed by atoms with van der Waals surface area (Å²) in [5, 5.41) is 8.92. The molecule has 0 unspecified atom stereocenters. The van der Waals surface area contributed by atoms with Gasteiger partial charge in [0.15, 0.2) is 0 Å². The summed E-state index contributed by atoms with van der Waals surface area (Å²) in [5.41, 5.74) is 3.05. The molecule has 0 aliphatic heterocycles. The quantitative estimate of drug-likeness (QED) is 0.527. The highest BCUT2D eigenvalue weighted by Gasteiger charge is 2.15. The van der Waals surface area contributed by atoms with Crippen molar-refractivity contribution in [2.75, 3.05) is 7.11 Å². The molecule has 3 nitrogen and oxygen atoms in total. The average molecular weight is 275 g/mol. The van der Waals surface area contributed by atoms with Crippen molar-refractivity contribution < 1.29 is 9.88 Å². The molecule has 0 fully saturated rings. The normalized spacial score (nSPS) is 15.8. The lowest BCUT2D eigenvalue weighted by atomic mass is 9.96. The van der Waals surface area contributed by atoms with E-state index >= 15 is 0 Å². The molecule has 21 heavy (non-hydrogen) atoms. The van der Waals surface area contributed by atoms with Gasteiger partial charge in [-0.25, -0.2) is 4.99 Å². The first-order chi connectivity index (χ1) is 10.4. The molecule has 0 aromatic heterocycles. The van der Waals surface area contributed by atoms with E-state index in [0.29, 0.717) is 0 Å². The average Bonchev–Trinajstić information content (AvgIpc) is 2.91. The SMILES string of the molecule is COON=C1C=CC=c2ccc3c(c21)C=c1ccccc1=3. The summed E-state index contributed by atoms with van der Waals surface area (Å²) in [6.45, 7) is 0. The molecule has 0 spiro atoms. The number of hydrogen-bond acceptors (Lipinski definition) is 3. The molecule has 2 aromatic carbocycles. The van der Waals surface area contributed by atoms with Crippen molar-refractivity contribution in [2.45, 2.75) is 0 Å². The summed E-state index contributed by atoms with van der Waals surface area (Å²) >= 11 is 0. The summed E-state index contributed by atoms with van der Waals surface area (Å²) < 4.78 is 0. The number of allylic oxidation sites excluding steroid dienone is 2. The molecule has 0 N–H and O–H groups in total. The van der Waals surface area contributed by atoms with Crippen LogP contribution in [0.5, 0.6) is 0 Å². The van der Waals surface area contributed by atoms with Gasteiger partial charge in [0.05, 0.1) is 7.11 Å². The summed E-state index contributed by atoms with van der Waals surface area (Å²) in [4.78, 5) is 9.37. The smallest absolute Gasteiger partial charge is 0.115 e. The van der Waals surface area contributed by atoms with E-state index in [4.69, 9.17) is 4.99 Å². The van der Waals surface area contributed by atoms with E-state index in [9.17, 15) is 0 Å².